The van der Waals surface area contributed by atoms with Gasteiger partial charge < -0.3 is 10.4 Å². The van der Waals surface area contributed by atoms with Crippen molar-refractivity contribution < 1.29 is 14.7 Å². The normalized spacial score (nSPS) is 15.4. The van der Waals surface area contributed by atoms with Crippen molar-refractivity contribution >= 4 is 95.3 Å². The van der Waals surface area contributed by atoms with Gasteiger partial charge in [-0.1, -0.05) is 51.5 Å². The molecule has 2 aromatic rings. The zero-order chi connectivity index (χ0) is 20.4. The highest BCUT2D eigenvalue weighted by molar-refractivity contribution is 9.11. The first-order valence-electron chi connectivity index (χ1n) is 7.73. The second kappa shape index (κ2) is 8.96. The number of phenols is 1. The van der Waals surface area contributed by atoms with Gasteiger partial charge >= 0.3 is 0 Å². The molecule has 0 radical (unpaired) electrons. The SMILES string of the molecule is O=C(CN1C(=O)/C(=C/c2cc(Br)cc(Br)c2O)SC1=S)Nc1ccc(Cl)cc1. The predicted octanol–water partition coefficient (Wildman–Crippen LogP) is 5.41. The molecule has 0 atom stereocenters. The molecule has 2 amide bonds. The highest BCUT2D eigenvalue weighted by Gasteiger charge is 2.33. The Hall–Kier alpha value is -1.39. The number of carbonyl (C=O) groups excluding carboxylic acids is 2. The summed E-state index contributed by atoms with van der Waals surface area (Å²) >= 11 is 18.7. The topological polar surface area (TPSA) is 69.6 Å². The van der Waals surface area contributed by atoms with E-state index in [-0.39, 0.29) is 22.5 Å². The van der Waals surface area contributed by atoms with Crippen LogP contribution in [0.25, 0.3) is 6.08 Å². The Morgan fingerprint density at radius 3 is 2.64 bits per heavy atom. The van der Waals surface area contributed by atoms with Crippen molar-refractivity contribution in [2.75, 3.05) is 11.9 Å². The second-order valence-electron chi connectivity index (χ2n) is 5.65. The van der Waals surface area contributed by atoms with Crippen molar-refractivity contribution in [2.45, 2.75) is 0 Å². The molecule has 1 fully saturated rings. The zero-order valence-electron chi connectivity index (χ0n) is 13.9. The van der Waals surface area contributed by atoms with Crippen LogP contribution in [0.3, 0.4) is 0 Å². The summed E-state index contributed by atoms with van der Waals surface area (Å²) in [5.41, 5.74) is 1.02. The van der Waals surface area contributed by atoms with Crippen molar-refractivity contribution in [3.8, 4) is 5.75 Å². The molecule has 1 aliphatic rings. The predicted molar refractivity (Wildman–Crippen MR) is 123 cm³/mol. The molecule has 0 saturated carbocycles. The number of hydrogen-bond donors (Lipinski definition) is 2. The van der Waals surface area contributed by atoms with Crippen LogP contribution in [-0.2, 0) is 9.59 Å². The largest absolute Gasteiger partial charge is 0.506 e. The molecule has 0 unspecified atom stereocenters. The van der Waals surface area contributed by atoms with E-state index in [0.29, 0.717) is 25.7 Å². The summed E-state index contributed by atoms with van der Waals surface area (Å²) in [6.45, 7) is -0.210. The fourth-order valence-corrected chi connectivity index (χ4v) is 4.98. The van der Waals surface area contributed by atoms with Crippen LogP contribution < -0.4 is 5.32 Å². The molecular weight excluding hydrogens is 552 g/mol. The highest BCUT2D eigenvalue weighted by Crippen LogP contribution is 2.37. The summed E-state index contributed by atoms with van der Waals surface area (Å²) in [5.74, 6) is -0.765. The molecule has 10 heteroatoms. The lowest BCUT2D eigenvalue weighted by atomic mass is 10.2. The first-order chi connectivity index (χ1) is 13.2. The summed E-state index contributed by atoms with van der Waals surface area (Å²) in [6.07, 6.45) is 1.54. The van der Waals surface area contributed by atoms with Gasteiger partial charge in [0.05, 0.1) is 9.38 Å². The minimum absolute atomic E-state index is 0.00829. The zero-order valence-corrected chi connectivity index (χ0v) is 19.5. The van der Waals surface area contributed by atoms with Crippen LogP contribution in [0, 0.1) is 0 Å². The standard InChI is InChI=1S/C18H11Br2ClN2O3S2/c19-10-5-9(16(25)13(20)7-10)6-14-17(26)23(18(27)28-14)8-15(24)22-12-3-1-11(21)2-4-12/h1-7,25H,8H2,(H,22,24)/b14-6-. The molecule has 0 spiro atoms. The number of amides is 2. The first-order valence-corrected chi connectivity index (χ1v) is 10.9. The molecule has 1 saturated heterocycles. The van der Waals surface area contributed by atoms with E-state index in [9.17, 15) is 14.7 Å². The van der Waals surface area contributed by atoms with Crippen LogP contribution in [0.5, 0.6) is 5.75 Å². The number of phenolic OH excluding ortho intramolecular Hbond substituents is 1. The minimum Gasteiger partial charge on any atom is -0.506 e. The van der Waals surface area contributed by atoms with E-state index < -0.39 is 5.91 Å². The molecule has 0 bridgehead atoms. The number of carbonyl (C=O) groups is 2. The fourth-order valence-electron chi connectivity index (χ4n) is 2.35. The fraction of sp³-hybridized carbons (Fsp3) is 0.0556. The van der Waals surface area contributed by atoms with E-state index in [1.54, 1.807) is 42.5 Å². The first kappa shape index (κ1) is 21.3. The van der Waals surface area contributed by atoms with Crippen molar-refractivity contribution in [2.24, 2.45) is 0 Å². The number of nitrogens with one attached hydrogen (secondary N) is 1. The third-order valence-electron chi connectivity index (χ3n) is 3.65. The molecule has 3 rings (SSSR count). The van der Waals surface area contributed by atoms with Crippen molar-refractivity contribution in [1.29, 1.82) is 0 Å². The van der Waals surface area contributed by atoms with E-state index >= 15 is 0 Å². The number of hydrogen-bond acceptors (Lipinski definition) is 5. The van der Waals surface area contributed by atoms with E-state index in [0.717, 1.165) is 16.2 Å². The van der Waals surface area contributed by atoms with Gasteiger partial charge in [-0.2, -0.15) is 0 Å². The van der Waals surface area contributed by atoms with Crippen LogP contribution >= 0.6 is 67.4 Å². The molecule has 0 aromatic heterocycles. The van der Waals surface area contributed by atoms with Crippen LogP contribution in [0.1, 0.15) is 5.56 Å². The van der Waals surface area contributed by atoms with E-state index in [1.807, 2.05) is 0 Å². The van der Waals surface area contributed by atoms with E-state index in [4.69, 9.17) is 23.8 Å². The quantitative estimate of drug-likeness (QED) is 0.385. The Kier molecular flexibility index (Phi) is 6.82. The lowest BCUT2D eigenvalue weighted by molar-refractivity contribution is -0.126. The Morgan fingerprint density at radius 2 is 1.96 bits per heavy atom. The van der Waals surface area contributed by atoms with Crippen LogP contribution in [0.4, 0.5) is 5.69 Å². The maximum Gasteiger partial charge on any atom is 0.266 e. The maximum atomic E-state index is 12.7. The third-order valence-corrected chi connectivity index (χ3v) is 6.34. The second-order valence-corrected chi connectivity index (χ2v) is 9.53. The van der Waals surface area contributed by atoms with Gasteiger partial charge in [0, 0.05) is 20.7 Å². The number of thioether (sulfide) groups is 1. The van der Waals surface area contributed by atoms with Gasteiger partial charge in [-0.3, -0.25) is 14.5 Å². The van der Waals surface area contributed by atoms with E-state index in [2.05, 4.69) is 37.2 Å². The maximum absolute atomic E-state index is 12.7. The number of anilines is 1. The van der Waals surface area contributed by atoms with Gasteiger partial charge in [0.2, 0.25) is 5.91 Å². The average molecular weight is 563 g/mol. The lowest BCUT2D eigenvalue weighted by Gasteiger charge is -2.14. The van der Waals surface area contributed by atoms with E-state index in [1.165, 1.54) is 4.90 Å². The Morgan fingerprint density at radius 1 is 1.29 bits per heavy atom. The van der Waals surface area contributed by atoms with Crippen LogP contribution in [0.15, 0.2) is 50.2 Å². The molecule has 5 nitrogen and oxygen atoms in total. The minimum atomic E-state index is -0.392. The van der Waals surface area contributed by atoms with Gasteiger partial charge in [0.1, 0.15) is 16.6 Å². The highest BCUT2D eigenvalue weighted by atomic mass is 79.9. The monoisotopic (exact) mass is 560 g/mol. The van der Waals surface area contributed by atoms with Gasteiger partial charge in [0.15, 0.2) is 0 Å². The number of aromatic hydroxyl groups is 1. The van der Waals surface area contributed by atoms with Gasteiger partial charge in [0.25, 0.3) is 5.91 Å². The smallest absolute Gasteiger partial charge is 0.266 e. The van der Waals surface area contributed by atoms with Gasteiger partial charge in [-0.15, -0.1) is 0 Å². The molecule has 0 aliphatic carbocycles. The Balaban J connectivity index is 1.74. The lowest BCUT2D eigenvalue weighted by Crippen LogP contribution is -2.36. The van der Waals surface area contributed by atoms with Gasteiger partial charge in [-0.25, -0.2) is 0 Å². The molecular formula is C18H11Br2ClN2O3S2. The van der Waals surface area contributed by atoms with Crippen molar-refractivity contribution in [3.63, 3.8) is 0 Å². The van der Waals surface area contributed by atoms with Gasteiger partial charge in [-0.05, 0) is 58.4 Å². The van der Waals surface area contributed by atoms with Crippen LogP contribution in [-0.4, -0.2) is 32.7 Å². The molecule has 28 heavy (non-hydrogen) atoms. The summed E-state index contributed by atoms with van der Waals surface area (Å²) in [7, 11) is 0. The summed E-state index contributed by atoms with van der Waals surface area (Å²) < 4.78 is 1.50. The Bertz CT molecular complexity index is 1010. The molecule has 1 aliphatic heterocycles. The number of thiocarbonyl (C=S) groups is 1. The summed E-state index contributed by atoms with van der Waals surface area (Å²) in [6, 6.07) is 10.0. The summed E-state index contributed by atoms with van der Waals surface area (Å²) in [4.78, 5) is 26.5. The third kappa shape index (κ3) is 4.96. The van der Waals surface area contributed by atoms with Crippen LogP contribution in [0.2, 0.25) is 5.02 Å². The van der Waals surface area contributed by atoms with Crippen molar-refractivity contribution in [3.05, 3.63) is 60.8 Å². The molecule has 144 valence electrons. The number of nitrogens with zero attached hydrogens (tertiary/aromatic N) is 1. The number of halogens is 3. The van der Waals surface area contributed by atoms with Crippen molar-refractivity contribution in [1.82, 2.24) is 4.90 Å². The Labute approximate surface area is 192 Å². The number of benzene rings is 2. The molecule has 2 N–H and O–H groups in total. The average Bonchev–Trinajstić information content (AvgIpc) is 2.88. The summed E-state index contributed by atoms with van der Waals surface area (Å²) in [5, 5.41) is 13.4. The molecule has 2 aromatic carbocycles. The number of rotatable bonds is 4. The molecule has 1 heterocycles.